The molecule has 6 nitrogen and oxygen atoms in total. The van der Waals surface area contributed by atoms with Gasteiger partial charge in [0.1, 0.15) is 0 Å². The van der Waals surface area contributed by atoms with E-state index >= 15 is 0 Å². The summed E-state index contributed by atoms with van der Waals surface area (Å²) in [4.78, 5) is 11.7. The molecule has 4 aromatic rings. The number of nitrogens with one attached hydrogen (secondary N) is 1. The molecule has 38 heavy (non-hydrogen) atoms. The van der Waals surface area contributed by atoms with Crippen LogP contribution < -0.4 is 14.8 Å². The van der Waals surface area contributed by atoms with Gasteiger partial charge in [-0.25, -0.2) is 0 Å². The van der Waals surface area contributed by atoms with Gasteiger partial charge in [0.2, 0.25) is 6.79 Å². The molecule has 1 N–H and O–H groups in total. The first kappa shape index (κ1) is 24.9. The SMILES string of the molecule is Clc1cc2c(cc1CN(Cc1ccc(CNCc3ccccn3)cc1)C1CCCc3cccnc31)OCO2. The van der Waals surface area contributed by atoms with E-state index in [4.69, 9.17) is 26.1 Å². The monoisotopic (exact) mass is 526 g/mol. The van der Waals surface area contributed by atoms with Crippen LogP contribution in [0, 0.1) is 0 Å². The van der Waals surface area contributed by atoms with E-state index in [0.29, 0.717) is 17.3 Å². The Labute approximate surface area is 228 Å². The van der Waals surface area contributed by atoms with Gasteiger partial charge in [0.05, 0.1) is 17.4 Å². The van der Waals surface area contributed by atoms with Crippen molar-refractivity contribution in [3.8, 4) is 11.5 Å². The number of rotatable bonds is 9. The van der Waals surface area contributed by atoms with Crippen molar-refractivity contribution in [1.82, 2.24) is 20.2 Å². The summed E-state index contributed by atoms with van der Waals surface area (Å²) in [5, 5.41) is 4.18. The summed E-state index contributed by atoms with van der Waals surface area (Å²) >= 11 is 6.72. The molecule has 1 unspecified atom stereocenters. The maximum Gasteiger partial charge on any atom is 0.231 e. The Morgan fingerprint density at radius 2 is 1.68 bits per heavy atom. The predicted molar refractivity (Wildman–Crippen MR) is 148 cm³/mol. The first-order valence-electron chi connectivity index (χ1n) is 13.2. The van der Waals surface area contributed by atoms with E-state index in [1.807, 2.05) is 48.8 Å². The van der Waals surface area contributed by atoms with Crippen molar-refractivity contribution in [2.45, 2.75) is 51.5 Å². The molecule has 0 fully saturated rings. The van der Waals surface area contributed by atoms with Gasteiger partial charge >= 0.3 is 0 Å². The number of ether oxygens (including phenoxy) is 2. The number of hydrogen-bond donors (Lipinski definition) is 1. The van der Waals surface area contributed by atoms with Crippen LogP contribution in [-0.2, 0) is 32.6 Å². The van der Waals surface area contributed by atoms with Crippen molar-refractivity contribution >= 4 is 11.6 Å². The molecule has 7 heteroatoms. The summed E-state index contributed by atoms with van der Waals surface area (Å²) in [6.45, 7) is 3.28. The third-order valence-electron chi connectivity index (χ3n) is 7.29. The molecule has 0 saturated carbocycles. The van der Waals surface area contributed by atoms with Crippen molar-refractivity contribution < 1.29 is 9.47 Å². The van der Waals surface area contributed by atoms with E-state index in [-0.39, 0.29) is 12.8 Å². The van der Waals surface area contributed by atoms with E-state index < -0.39 is 0 Å². The Bertz CT molecular complexity index is 1380. The van der Waals surface area contributed by atoms with E-state index in [9.17, 15) is 0 Å². The van der Waals surface area contributed by atoms with Crippen molar-refractivity contribution in [1.29, 1.82) is 0 Å². The van der Waals surface area contributed by atoms with Crippen LogP contribution in [0.3, 0.4) is 0 Å². The van der Waals surface area contributed by atoms with Crippen molar-refractivity contribution in [3.63, 3.8) is 0 Å². The molecule has 194 valence electrons. The third kappa shape index (κ3) is 5.68. The van der Waals surface area contributed by atoms with Crippen LogP contribution in [0.5, 0.6) is 11.5 Å². The highest BCUT2D eigenvalue weighted by Gasteiger charge is 2.28. The molecular weight excluding hydrogens is 496 g/mol. The molecule has 2 aromatic heterocycles. The van der Waals surface area contributed by atoms with Crippen molar-refractivity contribution in [3.05, 3.63) is 118 Å². The molecule has 6 rings (SSSR count). The second kappa shape index (κ2) is 11.5. The summed E-state index contributed by atoms with van der Waals surface area (Å²) in [6.07, 6.45) is 7.04. The standard InChI is InChI=1S/C31H31ClN4O2/c32-27-16-30-29(37-21-38-30)15-25(27)20-36(28-8-3-5-24-6-4-14-35-31(24)28)19-23-11-9-22(10-12-23)17-33-18-26-7-1-2-13-34-26/h1-2,4,6-7,9-16,28,33H,3,5,8,17-21H2. The van der Waals surface area contributed by atoms with Crippen LogP contribution in [0.25, 0.3) is 0 Å². The molecule has 0 spiro atoms. The minimum absolute atomic E-state index is 0.223. The van der Waals surface area contributed by atoms with Gasteiger partial charge < -0.3 is 14.8 Å². The summed E-state index contributed by atoms with van der Waals surface area (Å²) in [7, 11) is 0. The molecule has 2 aliphatic rings. The van der Waals surface area contributed by atoms with Gasteiger partial charge in [-0.3, -0.25) is 14.9 Å². The van der Waals surface area contributed by atoms with Gasteiger partial charge in [-0.05, 0) is 65.8 Å². The fourth-order valence-electron chi connectivity index (χ4n) is 5.35. The number of fused-ring (bicyclic) bond motifs is 2. The van der Waals surface area contributed by atoms with Crippen LogP contribution in [0.4, 0.5) is 0 Å². The zero-order valence-electron chi connectivity index (χ0n) is 21.3. The Kier molecular flexibility index (Phi) is 7.54. The highest BCUT2D eigenvalue weighted by molar-refractivity contribution is 6.31. The number of aryl methyl sites for hydroxylation is 1. The second-order valence-corrected chi connectivity index (χ2v) is 10.3. The van der Waals surface area contributed by atoms with Gasteiger partial charge in [0.15, 0.2) is 11.5 Å². The first-order chi connectivity index (χ1) is 18.7. The molecule has 0 radical (unpaired) electrons. The summed E-state index contributed by atoms with van der Waals surface area (Å²) in [6, 6.07) is 23.2. The molecule has 1 aliphatic heterocycles. The van der Waals surface area contributed by atoms with E-state index in [0.717, 1.165) is 55.9 Å². The average Bonchev–Trinajstić information content (AvgIpc) is 3.41. The third-order valence-corrected chi connectivity index (χ3v) is 7.64. The molecular formula is C31H31ClN4O2. The highest BCUT2D eigenvalue weighted by atomic mass is 35.5. The number of halogens is 1. The van der Waals surface area contributed by atoms with Crippen molar-refractivity contribution in [2.75, 3.05) is 6.79 Å². The molecule has 3 heterocycles. The van der Waals surface area contributed by atoms with Crippen LogP contribution in [0.1, 0.15) is 52.5 Å². The maximum absolute atomic E-state index is 6.72. The fourth-order valence-corrected chi connectivity index (χ4v) is 5.56. The van der Waals surface area contributed by atoms with Gasteiger partial charge in [-0.1, -0.05) is 48.0 Å². The van der Waals surface area contributed by atoms with Crippen LogP contribution >= 0.6 is 11.6 Å². The van der Waals surface area contributed by atoms with Crippen molar-refractivity contribution in [2.24, 2.45) is 0 Å². The molecule has 0 bridgehead atoms. The lowest BCUT2D eigenvalue weighted by Gasteiger charge is -2.35. The minimum atomic E-state index is 0.223. The van der Waals surface area contributed by atoms with Gasteiger partial charge in [-0.2, -0.15) is 0 Å². The Hall–Kier alpha value is -3.45. The lowest BCUT2D eigenvalue weighted by molar-refractivity contribution is 0.156. The quantitative estimate of drug-likeness (QED) is 0.279. The van der Waals surface area contributed by atoms with E-state index in [1.54, 1.807) is 0 Å². The number of aromatic nitrogens is 2. The molecule has 1 atom stereocenters. The summed E-state index contributed by atoms with van der Waals surface area (Å²) in [5.74, 6) is 1.47. The topological polar surface area (TPSA) is 59.5 Å². The maximum atomic E-state index is 6.72. The Balaban J connectivity index is 1.20. The largest absolute Gasteiger partial charge is 0.454 e. The Morgan fingerprint density at radius 3 is 2.53 bits per heavy atom. The van der Waals surface area contributed by atoms with Crippen LogP contribution in [-0.4, -0.2) is 21.7 Å². The highest BCUT2D eigenvalue weighted by Crippen LogP contribution is 2.40. The average molecular weight is 527 g/mol. The van der Waals surface area contributed by atoms with Crippen LogP contribution in [0.15, 0.2) is 79.1 Å². The number of pyridine rings is 2. The number of nitrogens with zero attached hydrogens (tertiary/aromatic N) is 3. The van der Waals surface area contributed by atoms with E-state index in [2.05, 4.69) is 45.5 Å². The number of benzene rings is 2. The van der Waals surface area contributed by atoms with Gasteiger partial charge in [0, 0.05) is 49.7 Å². The van der Waals surface area contributed by atoms with Crippen LogP contribution in [0.2, 0.25) is 5.02 Å². The predicted octanol–water partition coefficient (Wildman–Crippen LogP) is 6.23. The molecule has 2 aromatic carbocycles. The summed E-state index contributed by atoms with van der Waals surface area (Å²) < 4.78 is 11.2. The minimum Gasteiger partial charge on any atom is -0.454 e. The molecule has 0 amide bonds. The second-order valence-electron chi connectivity index (χ2n) is 9.90. The smallest absolute Gasteiger partial charge is 0.231 e. The Morgan fingerprint density at radius 1 is 0.868 bits per heavy atom. The zero-order chi connectivity index (χ0) is 25.7. The lowest BCUT2D eigenvalue weighted by atomic mass is 9.90. The first-order valence-corrected chi connectivity index (χ1v) is 13.5. The number of hydrogen-bond acceptors (Lipinski definition) is 6. The fraction of sp³-hybridized carbons (Fsp3) is 0.290. The molecule has 0 saturated heterocycles. The lowest BCUT2D eigenvalue weighted by Crippen LogP contribution is -2.31. The summed E-state index contributed by atoms with van der Waals surface area (Å²) in [5.41, 5.74) is 7.13. The zero-order valence-corrected chi connectivity index (χ0v) is 22.0. The van der Waals surface area contributed by atoms with Gasteiger partial charge in [0.25, 0.3) is 0 Å². The normalized spacial score (nSPS) is 16.0. The van der Waals surface area contributed by atoms with E-state index in [1.165, 1.54) is 22.4 Å². The molecule has 1 aliphatic carbocycles. The van der Waals surface area contributed by atoms with Gasteiger partial charge in [-0.15, -0.1) is 0 Å².